The summed E-state index contributed by atoms with van der Waals surface area (Å²) in [5, 5.41) is 17.1. The number of nitrogens with zero attached hydrogens (tertiary/aromatic N) is 2. The van der Waals surface area contributed by atoms with E-state index in [9.17, 15) is 4.79 Å². The number of hydrogen-bond acceptors (Lipinski definition) is 5. The van der Waals surface area contributed by atoms with Crippen molar-refractivity contribution in [2.24, 2.45) is 10.2 Å². The second-order valence-electron chi connectivity index (χ2n) is 3.50. The van der Waals surface area contributed by atoms with Gasteiger partial charge >= 0.3 is 0 Å². The number of aliphatic hydroxyl groups is 1. The molecule has 0 aliphatic rings. The summed E-state index contributed by atoms with van der Waals surface area (Å²) in [6.45, 7) is 0. The van der Waals surface area contributed by atoms with E-state index in [2.05, 4.69) is 10.2 Å². The van der Waals surface area contributed by atoms with E-state index in [0.717, 1.165) is 0 Å². The molecule has 5 nitrogen and oxygen atoms in total. The molecule has 0 bridgehead atoms. The van der Waals surface area contributed by atoms with Crippen LogP contribution in [0, 0.1) is 0 Å². The molecule has 0 saturated heterocycles. The molecule has 1 aromatic carbocycles. The van der Waals surface area contributed by atoms with Crippen LogP contribution in [0.5, 0.6) is 0 Å². The number of azo groups is 1. The lowest BCUT2D eigenvalue weighted by atomic mass is 10.2. The summed E-state index contributed by atoms with van der Waals surface area (Å²) >= 11 is 5.73. The predicted octanol–water partition coefficient (Wildman–Crippen LogP) is 4.30. The van der Waals surface area contributed by atoms with Crippen molar-refractivity contribution in [3.63, 3.8) is 0 Å². The van der Waals surface area contributed by atoms with Crippen molar-refractivity contribution < 1.29 is 14.3 Å². The predicted molar refractivity (Wildman–Crippen MR) is 69.7 cm³/mol. The number of furan rings is 1. The number of allylic oxidation sites excluding steroid dienone is 1. The minimum atomic E-state index is -0.551. The Morgan fingerprint density at radius 3 is 2.58 bits per heavy atom. The number of aliphatic hydroxyl groups excluding tert-OH is 1. The van der Waals surface area contributed by atoms with Crippen LogP contribution >= 0.6 is 11.6 Å². The van der Waals surface area contributed by atoms with E-state index in [0.29, 0.717) is 17.0 Å². The first-order valence-corrected chi connectivity index (χ1v) is 5.68. The van der Waals surface area contributed by atoms with Crippen LogP contribution in [0.2, 0.25) is 5.02 Å². The average Bonchev–Trinajstić information content (AvgIpc) is 2.95. The Hall–Kier alpha value is -2.40. The number of carbonyl (C=O) groups is 1. The molecule has 0 aliphatic heterocycles. The zero-order valence-electron chi connectivity index (χ0n) is 9.65. The van der Waals surface area contributed by atoms with E-state index in [4.69, 9.17) is 21.1 Å². The van der Waals surface area contributed by atoms with Crippen molar-refractivity contribution in [1.82, 2.24) is 0 Å². The van der Waals surface area contributed by atoms with Gasteiger partial charge in [-0.3, -0.25) is 4.79 Å². The number of rotatable bonds is 4. The van der Waals surface area contributed by atoms with Gasteiger partial charge in [0.1, 0.15) is 6.26 Å². The lowest BCUT2D eigenvalue weighted by Gasteiger charge is -1.96. The van der Waals surface area contributed by atoms with Crippen LogP contribution in [0.1, 0.15) is 10.6 Å². The van der Waals surface area contributed by atoms with E-state index in [-0.39, 0.29) is 11.5 Å². The van der Waals surface area contributed by atoms with Gasteiger partial charge in [-0.05, 0) is 36.4 Å². The Balaban J connectivity index is 2.16. The summed E-state index contributed by atoms with van der Waals surface area (Å²) in [6, 6.07) is 9.61. The fraction of sp³-hybridized carbons (Fsp3) is 0. The van der Waals surface area contributed by atoms with Gasteiger partial charge in [0, 0.05) is 5.02 Å². The smallest absolute Gasteiger partial charge is 0.251 e. The largest absolute Gasteiger partial charge is 0.513 e. The van der Waals surface area contributed by atoms with Gasteiger partial charge in [-0.25, -0.2) is 0 Å². The molecule has 1 N–H and O–H groups in total. The third-order valence-corrected chi connectivity index (χ3v) is 2.45. The van der Waals surface area contributed by atoms with Crippen LogP contribution < -0.4 is 0 Å². The van der Waals surface area contributed by atoms with E-state index >= 15 is 0 Å². The number of ketones is 1. The maximum atomic E-state index is 11.8. The highest BCUT2D eigenvalue weighted by Gasteiger charge is 2.14. The molecule has 0 unspecified atom stereocenters. The lowest BCUT2D eigenvalue weighted by Crippen LogP contribution is -1.99. The van der Waals surface area contributed by atoms with Crippen LogP contribution in [0.3, 0.4) is 0 Å². The Bertz CT molecular complexity index is 616. The van der Waals surface area contributed by atoms with Crippen LogP contribution in [0.25, 0.3) is 0 Å². The Morgan fingerprint density at radius 1 is 1.26 bits per heavy atom. The Kier molecular flexibility index (Phi) is 4.10. The molecule has 1 aromatic heterocycles. The number of hydrogen-bond donors (Lipinski definition) is 1. The molecule has 0 saturated carbocycles. The van der Waals surface area contributed by atoms with Crippen molar-refractivity contribution >= 4 is 23.1 Å². The summed E-state index contributed by atoms with van der Waals surface area (Å²) in [6.07, 6.45) is 1.95. The van der Waals surface area contributed by atoms with Gasteiger partial charge in [0.05, 0.1) is 12.0 Å². The maximum absolute atomic E-state index is 11.8. The standard InChI is InChI=1S/C13H9ClN2O3/c14-9-3-5-10(6-4-9)15-16-11(8-17)13(18)12-2-1-7-19-12/h1-8,17H/b11-8-,16-15?. The van der Waals surface area contributed by atoms with Crippen molar-refractivity contribution in [2.45, 2.75) is 0 Å². The first-order chi connectivity index (χ1) is 9.20. The van der Waals surface area contributed by atoms with Gasteiger partial charge in [-0.1, -0.05) is 11.6 Å². The number of halogens is 1. The van der Waals surface area contributed by atoms with Gasteiger partial charge in [-0.2, -0.15) is 5.11 Å². The second kappa shape index (κ2) is 5.97. The van der Waals surface area contributed by atoms with Crippen molar-refractivity contribution in [3.8, 4) is 0 Å². The molecule has 0 atom stereocenters. The Morgan fingerprint density at radius 2 is 2.00 bits per heavy atom. The maximum Gasteiger partial charge on any atom is 0.251 e. The van der Waals surface area contributed by atoms with Crippen LogP contribution in [0.4, 0.5) is 5.69 Å². The molecule has 2 aromatic rings. The van der Waals surface area contributed by atoms with Gasteiger partial charge in [0.15, 0.2) is 11.5 Å². The van der Waals surface area contributed by atoms with Crippen LogP contribution in [-0.4, -0.2) is 10.9 Å². The fourth-order valence-electron chi connectivity index (χ4n) is 1.28. The van der Waals surface area contributed by atoms with Gasteiger partial charge in [0.25, 0.3) is 5.78 Å². The molecule has 6 heteroatoms. The highest BCUT2D eigenvalue weighted by Crippen LogP contribution is 2.18. The highest BCUT2D eigenvalue weighted by atomic mass is 35.5. The van der Waals surface area contributed by atoms with Crippen molar-refractivity contribution in [2.75, 3.05) is 0 Å². The minimum Gasteiger partial charge on any atom is -0.513 e. The molecule has 0 amide bonds. The average molecular weight is 277 g/mol. The molecule has 0 aliphatic carbocycles. The Labute approximate surface area is 113 Å². The quantitative estimate of drug-likeness (QED) is 0.391. The summed E-state index contributed by atoms with van der Waals surface area (Å²) in [7, 11) is 0. The van der Waals surface area contributed by atoms with Crippen LogP contribution in [-0.2, 0) is 0 Å². The summed E-state index contributed by atoms with van der Waals surface area (Å²) in [5.74, 6) is -0.472. The summed E-state index contributed by atoms with van der Waals surface area (Å²) < 4.78 is 4.93. The SMILES string of the molecule is O=C(/C(=C/O)N=Nc1ccc(Cl)cc1)c1ccco1. The number of Topliss-reactive ketones (excluding diaryl/α,β-unsaturated/α-hetero) is 1. The van der Waals surface area contributed by atoms with Gasteiger partial charge in [0.2, 0.25) is 0 Å². The zero-order valence-corrected chi connectivity index (χ0v) is 10.4. The van der Waals surface area contributed by atoms with Crippen LogP contribution in [0.15, 0.2) is 69.3 Å². The molecule has 2 rings (SSSR count). The molecule has 19 heavy (non-hydrogen) atoms. The zero-order chi connectivity index (χ0) is 13.7. The van der Waals surface area contributed by atoms with Crippen molar-refractivity contribution in [1.29, 1.82) is 0 Å². The summed E-state index contributed by atoms with van der Waals surface area (Å²) in [5.41, 5.74) is 0.292. The van der Waals surface area contributed by atoms with E-state index in [1.807, 2.05) is 0 Å². The molecule has 0 radical (unpaired) electrons. The number of benzene rings is 1. The third kappa shape index (κ3) is 3.29. The fourth-order valence-corrected chi connectivity index (χ4v) is 1.41. The topological polar surface area (TPSA) is 75.2 Å². The van der Waals surface area contributed by atoms with Crippen molar-refractivity contribution in [3.05, 3.63) is 65.4 Å². The summed E-state index contributed by atoms with van der Waals surface area (Å²) in [4.78, 5) is 11.8. The van der Waals surface area contributed by atoms with E-state index < -0.39 is 5.78 Å². The lowest BCUT2D eigenvalue weighted by molar-refractivity contribution is 0.0999. The van der Waals surface area contributed by atoms with Gasteiger partial charge in [-0.15, -0.1) is 5.11 Å². The molecule has 0 spiro atoms. The first-order valence-electron chi connectivity index (χ1n) is 5.30. The molecule has 1 heterocycles. The molecule has 96 valence electrons. The number of carbonyl (C=O) groups excluding carboxylic acids is 1. The first kappa shape index (κ1) is 13.0. The minimum absolute atomic E-state index is 0.0790. The molecular weight excluding hydrogens is 268 g/mol. The van der Waals surface area contributed by atoms with Gasteiger partial charge < -0.3 is 9.52 Å². The molecular formula is C13H9ClN2O3. The normalized spacial score (nSPS) is 11.9. The monoisotopic (exact) mass is 276 g/mol. The highest BCUT2D eigenvalue weighted by molar-refractivity contribution is 6.30. The molecule has 0 fully saturated rings. The second-order valence-corrected chi connectivity index (χ2v) is 3.93. The third-order valence-electron chi connectivity index (χ3n) is 2.20. The van der Waals surface area contributed by atoms with E-state index in [1.54, 1.807) is 30.3 Å². The van der Waals surface area contributed by atoms with E-state index in [1.165, 1.54) is 12.3 Å².